The molecule has 1 aromatic heterocycles. The third-order valence-corrected chi connectivity index (χ3v) is 8.17. The lowest BCUT2D eigenvalue weighted by molar-refractivity contribution is 0.100. The Balaban J connectivity index is 1.23. The van der Waals surface area contributed by atoms with Gasteiger partial charge in [-0.3, -0.25) is 4.79 Å². The number of carbonyl (C=O) groups excluding carboxylic acids is 1. The van der Waals surface area contributed by atoms with Crippen LogP contribution in [-0.4, -0.2) is 60.0 Å². The summed E-state index contributed by atoms with van der Waals surface area (Å²) in [7, 11) is -3.11. The fourth-order valence-corrected chi connectivity index (χ4v) is 5.51. The van der Waals surface area contributed by atoms with Crippen molar-refractivity contribution in [1.82, 2.24) is 14.3 Å². The number of benzene rings is 1. The van der Waals surface area contributed by atoms with Gasteiger partial charge in [0.05, 0.1) is 5.25 Å². The van der Waals surface area contributed by atoms with Crippen LogP contribution in [0.5, 0.6) is 0 Å². The predicted molar refractivity (Wildman–Crippen MR) is 122 cm³/mol. The maximum absolute atomic E-state index is 12.4. The highest BCUT2D eigenvalue weighted by molar-refractivity contribution is 7.90. The molecule has 2 fully saturated rings. The molecule has 3 aliphatic rings. The highest BCUT2D eigenvalue weighted by Gasteiger charge is 2.40. The molecule has 1 amide bonds. The molecule has 2 heterocycles. The van der Waals surface area contributed by atoms with Gasteiger partial charge in [-0.25, -0.2) is 13.4 Å². The first-order chi connectivity index (χ1) is 15.4. The summed E-state index contributed by atoms with van der Waals surface area (Å²) >= 11 is 0. The van der Waals surface area contributed by atoms with Gasteiger partial charge in [0.25, 0.3) is 5.91 Å². The number of allylic oxidation sites excluding steroid dienone is 2. The number of aromatic nitrogens is 2. The van der Waals surface area contributed by atoms with Crippen LogP contribution in [0.1, 0.15) is 29.6 Å². The normalized spacial score (nSPS) is 18.8. The Labute approximate surface area is 186 Å². The second kappa shape index (κ2) is 8.06. The topological polar surface area (TPSA) is 134 Å². The maximum Gasteiger partial charge on any atom is 0.254 e. The average Bonchev–Trinajstić information content (AvgIpc) is 3.68. The zero-order valence-corrected chi connectivity index (χ0v) is 18.3. The molecule has 2 aliphatic carbocycles. The summed E-state index contributed by atoms with van der Waals surface area (Å²) in [5, 5.41) is 6.07. The maximum atomic E-state index is 12.4. The van der Waals surface area contributed by atoms with Crippen molar-refractivity contribution in [2.24, 2.45) is 5.73 Å². The molecule has 5 rings (SSSR count). The van der Waals surface area contributed by atoms with Gasteiger partial charge in [0.2, 0.25) is 16.0 Å². The smallest absolute Gasteiger partial charge is 0.254 e. The Bertz CT molecular complexity index is 1170. The van der Waals surface area contributed by atoms with E-state index in [9.17, 15) is 13.2 Å². The molecule has 10 nitrogen and oxygen atoms in total. The van der Waals surface area contributed by atoms with E-state index in [0.717, 1.165) is 36.3 Å². The van der Waals surface area contributed by atoms with Crippen LogP contribution < -0.4 is 21.3 Å². The zero-order chi connectivity index (χ0) is 22.3. The number of nitrogens with zero attached hydrogens (tertiary/aromatic N) is 4. The number of carbonyl (C=O) groups is 1. The molecule has 0 atom stereocenters. The molecule has 0 unspecified atom stereocenters. The largest absolute Gasteiger partial charge is 0.369 e. The molecule has 32 heavy (non-hydrogen) atoms. The molecular formula is C21H25N7O3S. The van der Waals surface area contributed by atoms with Gasteiger partial charge in [-0.05, 0) is 37.1 Å². The van der Waals surface area contributed by atoms with Gasteiger partial charge in [-0.2, -0.15) is 9.29 Å². The number of nitrogens with one attached hydrogen (secondary N) is 2. The van der Waals surface area contributed by atoms with E-state index >= 15 is 0 Å². The molecule has 168 valence electrons. The second-order valence-corrected chi connectivity index (χ2v) is 10.4. The van der Waals surface area contributed by atoms with Gasteiger partial charge in [-0.15, -0.1) is 0 Å². The van der Waals surface area contributed by atoms with Crippen LogP contribution in [0.25, 0.3) is 0 Å². The molecule has 0 bridgehead atoms. The first kappa shape index (κ1) is 20.7. The van der Waals surface area contributed by atoms with Crippen molar-refractivity contribution in [3.8, 4) is 0 Å². The summed E-state index contributed by atoms with van der Waals surface area (Å²) in [5.41, 5.74) is 8.47. The summed E-state index contributed by atoms with van der Waals surface area (Å²) in [6.45, 7) is 2.37. The Kier molecular flexibility index (Phi) is 5.22. The lowest BCUT2D eigenvalue weighted by atomic mass is 10.2. The molecule has 2 aromatic rings. The number of rotatable bonds is 8. The van der Waals surface area contributed by atoms with Crippen molar-refractivity contribution in [1.29, 1.82) is 0 Å². The fraction of sp³-hybridized carbons (Fsp3) is 0.381. The van der Waals surface area contributed by atoms with Crippen molar-refractivity contribution in [3.05, 3.63) is 47.8 Å². The summed E-state index contributed by atoms with van der Waals surface area (Å²) in [5.74, 6) is 0.148. The van der Waals surface area contributed by atoms with E-state index in [0.29, 0.717) is 37.9 Å². The number of amides is 1. The van der Waals surface area contributed by atoms with Crippen LogP contribution in [0.15, 0.2) is 42.2 Å². The van der Waals surface area contributed by atoms with Crippen LogP contribution in [0, 0.1) is 0 Å². The minimum Gasteiger partial charge on any atom is -0.369 e. The first-order valence-electron chi connectivity index (χ1n) is 10.6. The Morgan fingerprint density at radius 1 is 1.06 bits per heavy atom. The first-order valence-corrected chi connectivity index (χ1v) is 12.1. The number of primary amides is 1. The monoisotopic (exact) mass is 455 g/mol. The summed E-state index contributed by atoms with van der Waals surface area (Å²) < 4.78 is 26.4. The molecule has 1 saturated heterocycles. The van der Waals surface area contributed by atoms with Crippen LogP contribution >= 0.6 is 0 Å². The standard InChI is InChI=1S/C21H25N7O3S/c22-19(29)18-13-23-21(26-20(18)24-14-1-2-14)25-15-3-5-16(6-4-15)27-9-11-28(12-10-27)32(30,31)17-7-8-17/h1,3-6,13,17H,2,7-12H2,(H2,22,29)(H2,23,24,25,26). The van der Waals surface area contributed by atoms with Crippen LogP contribution in [-0.2, 0) is 10.0 Å². The van der Waals surface area contributed by atoms with E-state index in [2.05, 4.69) is 25.5 Å². The quantitative estimate of drug-likeness (QED) is 0.547. The number of piperazine rings is 1. The summed E-state index contributed by atoms with van der Waals surface area (Å²) in [6.07, 6.45) is 5.82. The van der Waals surface area contributed by atoms with Crippen LogP contribution in [0.3, 0.4) is 0 Å². The minimum atomic E-state index is -3.11. The van der Waals surface area contributed by atoms with Gasteiger partial charge in [0.1, 0.15) is 11.4 Å². The number of sulfonamides is 1. The van der Waals surface area contributed by atoms with E-state index in [4.69, 9.17) is 5.73 Å². The van der Waals surface area contributed by atoms with Gasteiger partial charge < -0.3 is 21.3 Å². The van der Waals surface area contributed by atoms with Crippen molar-refractivity contribution in [3.63, 3.8) is 0 Å². The van der Waals surface area contributed by atoms with E-state index in [1.165, 1.54) is 6.20 Å². The molecule has 1 aromatic carbocycles. The highest BCUT2D eigenvalue weighted by atomic mass is 32.2. The lowest BCUT2D eigenvalue weighted by Crippen LogP contribution is -2.49. The van der Waals surface area contributed by atoms with Crippen LogP contribution in [0.4, 0.5) is 23.1 Å². The summed E-state index contributed by atoms with van der Waals surface area (Å²) in [6, 6.07) is 7.81. The zero-order valence-electron chi connectivity index (χ0n) is 17.5. The number of nitrogens with two attached hydrogens (primary N) is 1. The van der Waals surface area contributed by atoms with E-state index in [1.54, 1.807) is 4.31 Å². The van der Waals surface area contributed by atoms with E-state index in [1.807, 2.05) is 30.3 Å². The summed E-state index contributed by atoms with van der Waals surface area (Å²) in [4.78, 5) is 22.4. The number of hydrogen-bond donors (Lipinski definition) is 3. The van der Waals surface area contributed by atoms with Gasteiger partial charge >= 0.3 is 0 Å². The highest BCUT2D eigenvalue weighted by Crippen LogP contribution is 2.32. The van der Waals surface area contributed by atoms with E-state index < -0.39 is 15.9 Å². The fourth-order valence-electron chi connectivity index (χ4n) is 3.69. The van der Waals surface area contributed by atoms with Gasteiger partial charge in [0, 0.05) is 55.9 Å². The Morgan fingerprint density at radius 3 is 2.34 bits per heavy atom. The van der Waals surface area contributed by atoms with Crippen molar-refractivity contribution < 1.29 is 13.2 Å². The molecular weight excluding hydrogens is 430 g/mol. The second-order valence-electron chi connectivity index (χ2n) is 8.18. The number of anilines is 4. The SMILES string of the molecule is NC(=O)c1cnc(Nc2ccc(N3CCN(S(=O)(=O)C4CC4)CC3)cc2)nc1NC1=CC1. The molecule has 4 N–H and O–H groups in total. The van der Waals surface area contributed by atoms with Crippen molar-refractivity contribution in [2.75, 3.05) is 41.7 Å². The molecule has 1 saturated carbocycles. The van der Waals surface area contributed by atoms with Gasteiger partial charge in [0.15, 0.2) is 0 Å². The number of hydrogen-bond acceptors (Lipinski definition) is 8. The molecule has 11 heteroatoms. The Morgan fingerprint density at radius 2 is 1.75 bits per heavy atom. The van der Waals surface area contributed by atoms with E-state index in [-0.39, 0.29) is 10.8 Å². The van der Waals surface area contributed by atoms with Crippen LogP contribution in [0.2, 0.25) is 0 Å². The molecule has 0 spiro atoms. The Hall–Kier alpha value is -3.18. The molecule has 0 radical (unpaired) electrons. The molecule has 1 aliphatic heterocycles. The van der Waals surface area contributed by atoms with Gasteiger partial charge in [-0.1, -0.05) is 6.08 Å². The average molecular weight is 456 g/mol. The third kappa shape index (κ3) is 4.39. The van der Waals surface area contributed by atoms with Crippen molar-refractivity contribution in [2.45, 2.75) is 24.5 Å². The lowest BCUT2D eigenvalue weighted by Gasteiger charge is -2.35. The van der Waals surface area contributed by atoms with Crippen molar-refractivity contribution >= 4 is 39.1 Å². The minimum absolute atomic E-state index is 0.157. The predicted octanol–water partition coefficient (Wildman–Crippen LogP) is 1.63. The third-order valence-electron chi connectivity index (χ3n) is 5.77.